The number of thiophene rings is 1. The summed E-state index contributed by atoms with van der Waals surface area (Å²) in [5.41, 5.74) is 8.01. The number of ether oxygens (including phenoxy) is 1. The molecule has 150 valence electrons. The van der Waals surface area contributed by atoms with E-state index >= 15 is 0 Å². The molecule has 0 aliphatic heterocycles. The normalized spacial score (nSPS) is 11.3. The highest BCUT2D eigenvalue weighted by molar-refractivity contribution is 7.20. The van der Waals surface area contributed by atoms with Crippen molar-refractivity contribution < 1.29 is 13.9 Å². The molecule has 4 aromatic rings. The van der Waals surface area contributed by atoms with Crippen LogP contribution in [-0.2, 0) is 20.1 Å². The van der Waals surface area contributed by atoms with Crippen LogP contribution < -0.4 is 10.5 Å². The molecule has 0 aromatic carbocycles. The first-order valence-corrected chi connectivity index (χ1v) is 10.1. The van der Waals surface area contributed by atoms with Gasteiger partial charge >= 0.3 is 6.01 Å². The molecule has 8 nitrogen and oxygen atoms in total. The van der Waals surface area contributed by atoms with Gasteiger partial charge < -0.3 is 14.9 Å². The fraction of sp³-hybridized carbons (Fsp3) is 0.300. The highest BCUT2D eigenvalue weighted by Gasteiger charge is 2.23. The zero-order valence-corrected chi connectivity index (χ0v) is 17.2. The average Bonchev–Trinajstić information content (AvgIpc) is 3.39. The maximum atomic E-state index is 12.0. The van der Waals surface area contributed by atoms with Crippen LogP contribution in [-0.4, -0.2) is 25.7 Å². The first-order chi connectivity index (χ1) is 14.0. The summed E-state index contributed by atoms with van der Waals surface area (Å²) in [5, 5.41) is 4.93. The molecule has 0 atom stereocenters. The molecule has 0 saturated carbocycles. The molecular formula is C20H21N5O3S. The van der Waals surface area contributed by atoms with Gasteiger partial charge in [0.2, 0.25) is 0 Å². The molecule has 0 aliphatic rings. The number of carbonyl (C=O) groups excluding carboxylic acids is 1. The van der Waals surface area contributed by atoms with E-state index in [1.54, 1.807) is 10.9 Å². The van der Waals surface area contributed by atoms with Crippen molar-refractivity contribution in [1.29, 1.82) is 0 Å². The average molecular weight is 411 g/mol. The standard InChI is InChI=1S/C20H21N5O3S/c1-4-5-13-15-16(14-7-6-11(2)28-14)23-20(24-19(15)29-17(13)18(21)26)27-10-12-8-22-25(3)9-12/h6-9H,4-5,10H2,1-3H3,(H2,21,26). The van der Waals surface area contributed by atoms with E-state index in [-0.39, 0.29) is 12.6 Å². The zero-order chi connectivity index (χ0) is 20.5. The summed E-state index contributed by atoms with van der Waals surface area (Å²) in [5.74, 6) is 0.912. The van der Waals surface area contributed by atoms with E-state index in [0.29, 0.717) is 27.6 Å². The van der Waals surface area contributed by atoms with Gasteiger partial charge in [-0.3, -0.25) is 9.48 Å². The molecule has 4 heterocycles. The summed E-state index contributed by atoms with van der Waals surface area (Å²) >= 11 is 1.26. The van der Waals surface area contributed by atoms with E-state index in [2.05, 4.69) is 22.0 Å². The van der Waals surface area contributed by atoms with E-state index in [1.165, 1.54) is 11.3 Å². The summed E-state index contributed by atoms with van der Waals surface area (Å²) in [4.78, 5) is 22.4. The summed E-state index contributed by atoms with van der Waals surface area (Å²) < 4.78 is 13.4. The van der Waals surface area contributed by atoms with E-state index < -0.39 is 5.91 Å². The number of aryl methyl sites for hydroxylation is 3. The lowest BCUT2D eigenvalue weighted by Crippen LogP contribution is -2.11. The summed E-state index contributed by atoms with van der Waals surface area (Å²) in [7, 11) is 1.84. The van der Waals surface area contributed by atoms with Gasteiger partial charge in [0, 0.05) is 24.2 Å². The predicted molar refractivity (Wildman–Crippen MR) is 110 cm³/mol. The third kappa shape index (κ3) is 3.73. The molecule has 2 N–H and O–H groups in total. The Morgan fingerprint density at radius 2 is 2.17 bits per heavy atom. The molecule has 0 spiro atoms. The van der Waals surface area contributed by atoms with Crippen molar-refractivity contribution in [2.24, 2.45) is 12.8 Å². The molecule has 29 heavy (non-hydrogen) atoms. The van der Waals surface area contributed by atoms with Gasteiger partial charge in [-0.2, -0.15) is 15.1 Å². The fourth-order valence-corrected chi connectivity index (χ4v) is 4.29. The molecular weight excluding hydrogens is 390 g/mol. The van der Waals surface area contributed by atoms with Crippen molar-refractivity contribution in [3.63, 3.8) is 0 Å². The minimum absolute atomic E-state index is 0.214. The first-order valence-electron chi connectivity index (χ1n) is 9.26. The van der Waals surface area contributed by atoms with Gasteiger partial charge in [0.15, 0.2) is 5.76 Å². The number of furan rings is 1. The topological polar surface area (TPSA) is 109 Å². The van der Waals surface area contributed by atoms with Crippen molar-refractivity contribution in [3.8, 4) is 17.5 Å². The Labute approximate surface area is 171 Å². The van der Waals surface area contributed by atoms with Crippen LogP contribution in [0.25, 0.3) is 21.7 Å². The van der Waals surface area contributed by atoms with Crippen molar-refractivity contribution in [1.82, 2.24) is 19.7 Å². The summed E-state index contributed by atoms with van der Waals surface area (Å²) in [6.07, 6.45) is 5.16. The Balaban J connectivity index is 1.85. The summed E-state index contributed by atoms with van der Waals surface area (Å²) in [6, 6.07) is 3.95. The summed E-state index contributed by atoms with van der Waals surface area (Å²) in [6.45, 7) is 4.21. The highest BCUT2D eigenvalue weighted by Crippen LogP contribution is 2.38. The van der Waals surface area contributed by atoms with Gasteiger partial charge in [0.05, 0.1) is 11.1 Å². The lowest BCUT2D eigenvalue weighted by Gasteiger charge is -2.07. The van der Waals surface area contributed by atoms with E-state index in [1.807, 2.05) is 32.3 Å². The van der Waals surface area contributed by atoms with Crippen molar-refractivity contribution in [2.45, 2.75) is 33.3 Å². The Bertz CT molecular complexity index is 1190. The van der Waals surface area contributed by atoms with E-state index in [0.717, 1.165) is 28.7 Å². The maximum Gasteiger partial charge on any atom is 0.318 e. The van der Waals surface area contributed by atoms with Crippen molar-refractivity contribution >= 4 is 27.5 Å². The van der Waals surface area contributed by atoms with Crippen LogP contribution in [0.3, 0.4) is 0 Å². The number of hydrogen-bond donors (Lipinski definition) is 1. The molecule has 0 saturated heterocycles. The molecule has 0 aliphatic carbocycles. The van der Waals surface area contributed by atoms with Gasteiger partial charge in [-0.05, 0) is 31.0 Å². The molecule has 0 bridgehead atoms. The lowest BCUT2D eigenvalue weighted by atomic mass is 10.0. The molecule has 0 fully saturated rings. The second kappa shape index (κ2) is 7.67. The monoisotopic (exact) mass is 411 g/mol. The van der Waals surface area contributed by atoms with Crippen LogP contribution >= 0.6 is 11.3 Å². The molecule has 9 heteroatoms. The van der Waals surface area contributed by atoms with Gasteiger partial charge in [-0.15, -0.1) is 11.3 Å². The van der Waals surface area contributed by atoms with E-state index in [4.69, 9.17) is 14.9 Å². The maximum absolute atomic E-state index is 12.0. The number of rotatable bonds is 7. The minimum atomic E-state index is -0.462. The van der Waals surface area contributed by atoms with Gasteiger partial charge in [-0.25, -0.2) is 0 Å². The molecule has 0 unspecified atom stereocenters. The second-order valence-corrected chi connectivity index (χ2v) is 7.78. The first kappa shape index (κ1) is 19.1. The fourth-order valence-electron chi connectivity index (χ4n) is 3.22. The van der Waals surface area contributed by atoms with Crippen LogP contribution in [0.4, 0.5) is 0 Å². The van der Waals surface area contributed by atoms with Crippen LogP contribution in [0, 0.1) is 6.92 Å². The Kier molecular flexibility index (Phi) is 5.06. The zero-order valence-electron chi connectivity index (χ0n) is 16.4. The predicted octanol–water partition coefficient (Wildman–Crippen LogP) is 3.62. The van der Waals surface area contributed by atoms with Gasteiger partial charge in [-0.1, -0.05) is 13.3 Å². The number of aromatic nitrogens is 4. The van der Waals surface area contributed by atoms with Crippen LogP contribution in [0.2, 0.25) is 0 Å². The molecule has 4 aromatic heterocycles. The van der Waals surface area contributed by atoms with Gasteiger partial charge in [0.1, 0.15) is 22.9 Å². The number of carbonyl (C=O) groups is 1. The number of amides is 1. The third-order valence-corrected chi connectivity index (χ3v) is 5.59. The number of hydrogen-bond acceptors (Lipinski definition) is 7. The van der Waals surface area contributed by atoms with Crippen LogP contribution in [0.1, 0.15) is 39.9 Å². The Hall–Kier alpha value is -3.20. The number of primary amides is 1. The molecule has 1 amide bonds. The second-order valence-electron chi connectivity index (χ2n) is 6.78. The molecule has 0 radical (unpaired) electrons. The minimum Gasteiger partial charge on any atom is -0.460 e. The number of nitrogens with two attached hydrogens (primary N) is 1. The largest absolute Gasteiger partial charge is 0.460 e. The number of fused-ring (bicyclic) bond motifs is 1. The van der Waals surface area contributed by atoms with Crippen LogP contribution in [0.5, 0.6) is 6.01 Å². The quantitative estimate of drug-likeness (QED) is 0.497. The van der Waals surface area contributed by atoms with Crippen molar-refractivity contribution in [2.75, 3.05) is 0 Å². The number of nitrogens with zero attached hydrogens (tertiary/aromatic N) is 4. The third-order valence-electron chi connectivity index (χ3n) is 4.45. The lowest BCUT2D eigenvalue weighted by molar-refractivity contribution is 0.100. The SMILES string of the molecule is CCCc1c(C(N)=O)sc2nc(OCc3cnn(C)c3)nc(-c3ccc(C)o3)c12. The van der Waals surface area contributed by atoms with Crippen LogP contribution in [0.15, 0.2) is 28.9 Å². The van der Waals surface area contributed by atoms with E-state index in [9.17, 15) is 4.79 Å². The Morgan fingerprint density at radius 1 is 1.34 bits per heavy atom. The van der Waals surface area contributed by atoms with Crippen molar-refractivity contribution in [3.05, 3.63) is 46.3 Å². The Morgan fingerprint density at radius 3 is 2.79 bits per heavy atom. The van der Waals surface area contributed by atoms with Gasteiger partial charge in [0.25, 0.3) is 5.91 Å². The highest BCUT2D eigenvalue weighted by atomic mass is 32.1. The smallest absolute Gasteiger partial charge is 0.318 e. The molecule has 4 rings (SSSR count).